The van der Waals surface area contributed by atoms with Gasteiger partial charge in [-0.2, -0.15) is 0 Å². The van der Waals surface area contributed by atoms with Crippen molar-refractivity contribution in [1.82, 2.24) is 4.57 Å². The molecule has 1 fully saturated rings. The Bertz CT molecular complexity index is 705. The van der Waals surface area contributed by atoms with Gasteiger partial charge in [-0.05, 0) is 31.0 Å². The highest BCUT2D eigenvalue weighted by atomic mass is 19.2. The first kappa shape index (κ1) is 12.8. The van der Waals surface area contributed by atoms with Gasteiger partial charge < -0.3 is 9.67 Å². The van der Waals surface area contributed by atoms with E-state index in [2.05, 4.69) is 0 Å². The summed E-state index contributed by atoms with van der Waals surface area (Å²) in [5, 5.41) is 9.12. The number of aromatic nitrogens is 1. The van der Waals surface area contributed by atoms with Crippen molar-refractivity contribution in [3.63, 3.8) is 0 Å². The molecule has 0 amide bonds. The van der Waals surface area contributed by atoms with Crippen LogP contribution in [0.3, 0.4) is 0 Å². The second kappa shape index (κ2) is 4.40. The zero-order valence-corrected chi connectivity index (χ0v) is 10.2. The van der Waals surface area contributed by atoms with Crippen molar-refractivity contribution in [2.75, 3.05) is 0 Å². The second-order valence-corrected chi connectivity index (χ2v) is 4.76. The Balaban J connectivity index is 2.20. The highest BCUT2D eigenvalue weighted by Gasteiger charge is 2.30. The molecule has 0 saturated heterocycles. The molecule has 1 aliphatic carbocycles. The minimum Gasteiger partial charge on any atom is -0.477 e. The molecule has 0 atom stereocenters. The number of rotatable bonds is 3. The molecule has 3 rings (SSSR count). The number of hydrogen-bond donors (Lipinski definition) is 1. The fourth-order valence-electron chi connectivity index (χ4n) is 2.29. The third kappa shape index (κ3) is 1.97. The lowest BCUT2D eigenvalue weighted by molar-refractivity contribution is 0.0685. The average molecular weight is 281 g/mol. The molecule has 3 nitrogen and oxygen atoms in total. The van der Waals surface area contributed by atoms with Crippen LogP contribution < -0.4 is 0 Å². The van der Waals surface area contributed by atoms with Crippen molar-refractivity contribution >= 4 is 5.97 Å². The first-order chi connectivity index (χ1) is 9.49. The van der Waals surface area contributed by atoms with Crippen molar-refractivity contribution in [2.24, 2.45) is 0 Å². The van der Waals surface area contributed by atoms with Crippen LogP contribution in [0.1, 0.15) is 29.4 Å². The summed E-state index contributed by atoms with van der Waals surface area (Å²) in [5.74, 6) is -4.48. The average Bonchev–Trinajstić information content (AvgIpc) is 3.12. The highest BCUT2D eigenvalue weighted by Crippen LogP contribution is 2.41. The van der Waals surface area contributed by atoms with Gasteiger partial charge in [0.2, 0.25) is 0 Å². The van der Waals surface area contributed by atoms with E-state index in [1.165, 1.54) is 16.7 Å². The van der Waals surface area contributed by atoms with Crippen LogP contribution in [0.25, 0.3) is 11.3 Å². The summed E-state index contributed by atoms with van der Waals surface area (Å²) in [6.07, 6.45) is 1.57. The quantitative estimate of drug-likeness (QED) is 0.873. The van der Waals surface area contributed by atoms with Crippen LogP contribution in [0, 0.1) is 17.5 Å². The lowest BCUT2D eigenvalue weighted by Gasteiger charge is -2.11. The molecule has 0 radical (unpaired) electrons. The summed E-state index contributed by atoms with van der Waals surface area (Å²) in [6, 6.07) is 3.95. The predicted molar refractivity (Wildman–Crippen MR) is 65.0 cm³/mol. The van der Waals surface area contributed by atoms with Gasteiger partial charge in [0.1, 0.15) is 11.5 Å². The topological polar surface area (TPSA) is 42.2 Å². The number of hydrogen-bond acceptors (Lipinski definition) is 1. The molecule has 0 aliphatic heterocycles. The lowest BCUT2D eigenvalue weighted by atomic mass is 10.1. The summed E-state index contributed by atoms with van der Waals surface area (Å²) in [4.78, 5) is 11.2. The maximum atomic E-state index is 13.8. The van der Waals surface area contributed by atoms with Crippen LogP contribution in [-0.4, -0.2) is 15.6 Å². The Morgan fingerprint density at radius 3 is 2.35 bits per heavy atom. The van der Waals surface area contributed by atoms with Gasteiger partial charge in [-0.15, -0.1) is 0 Å². The van der Waals surface area contributed by atoms with Crippen LogP contribution in [0.2, 0.25) is 0 Å². The summed E-state index contributed by atoms with van der Waals surface area (Å²) in [6.45, 7) is 0. The van der Waals surface area contributed by atoms with Crippen LogP contribution in [0.15, 0.2) is 24.3 Å². The van der Waals surface area contributed by atoms with E-state index in [0.717, 1.165) is 18.9 Å². The summed E-state index contributed by atoms with van der Waals surface area (Å²) < 4.78 is 41.5. The Labute approximate surface area is 112 Å². The summed E-state index contributed by atoms with van der Waals surface area (Å²) >= 11 is 0. The van der Waals surface area contributed by atoms with Gasteiger partial charge in [0.05, 0.1) is 5.69 Å². The second-order valence-electron chi connectivity index (χ2n) is 4.76. The number of carbonyl (C=O) groups is 1. The van der Waals surface area contributed by atoms with Gasteiger partial charge >= 0.3 is 5.97 Å². The molecule has 0 spiro atoms. The zero-order valence-electron chi connectivity index (χ0n) is 10.2. The molecular formula is C14H10F3NO2. The van der Waals surface area contributed by atoms with E-state index in [4.69, 9.17) is 5.11 Å². The predicted octanol–water partition coefficient (Wildman–Crippen LogP) is 3.61. The van der Waals surface area contributed by atoms with E-state index >= 15 is 0 Å². The molecule has 0 bridgehead atoms. The maximum Gasteiger partial charge on any atom is 0.352 e. The molecular weight excluding hydrogens is 271 g/mol. The van der Waals surface area contributed by atoms with Gasteiger partial charge in [-0.1, -0.05) is 0 Å². The highest BCUT2D eigenvalue weighted by molar-refractivity contribution is 5.87. The Morgan fingerprint density at radius 2 is 1.75 bits per heavy atom. The molecule has 6 heteroatoms. The smallest absolute Gasteiger partial charge is 0.352 e. The number of nitrogens with zero attached hydrogens (tertiary/aromatic N) is 1. The van der Waals surface area contributed by atoms with Crippen LogP contribution in [0.5, 0.6) is 0 Å². The van der Waals surface area contributed by atoms with Gasteiger partial charge in [-0.3, -0.25) is 0 Å². The monoisotopic (exact) mass is 281 g/mol. The molecule has 2 aromatic rings. The van der Waals surface area contributed by atoms with E-state index in [9.17, 15) is 18.0 Å². The molecule has 20 heavy (non-hydrogen) atoms. The largest absolute Gasteiger partial charge is 0.477 e. The zero-order chi connectivity index (χ0) is 14.4. The number of carboxylic acid groups (broad SMARTS) is 1. The van der Waals surface area contributed by atoms with Crippen molar-refractivity contribution < 1.29 is 23.1 Å². The third-order valence-electron chi connectivity index (χ3n) is 3.34. The number of halogens is 3. The fourth-order valence-corrected chi connectivity index (χ4v) is 2.29. The molecule has 1 heterocycles. The van der Waals surface area contributed by atoms with Crippen LogP contribution in [0.4, 0.5) is 13.2 Å². The fraction of sp³-hybridized carbons (Fsp3) is 0.214. The van der Waals surface area contributed by atoms with Crippen molar-refractivity contribution in [2.45, 2.75) is 18.9 Å². The first-order valence-corrected chi connectivity index (χ1v) is 6.08. The number of aromatic carboxylic acids is 1. The van der Waals surface area contributed by atoms with Crippen molar-refractivity contribution in [1.29, 1.82) is 0 Å². The van der Waals surface area contributed by atoms with Gasteiger partial charge in [-0.25, -0.2) is 18.0 Å². The summed E-state index contributed by atoms with van der Waals surface area (Å²) in [7, 11) is 0. The molecule has 1 aromatic carbocycles. The number of benzene rings is 1. The van der Waals surface area contributed by atoms with Gasteiger partial charge in [0, 0.05) is 17.7 Å². The van der Waals surface area contributed by atoms with E-state index in [-0.39, 0.29) is 23.0 Å². The molecule has 104 valence electrons. The SMILES string of the molecule is O=C(O)c1ccc(-c2cc(F)c(F)cc2F)n1C1CC1. The molecule has 1 aliphatic rings. The van der Waals surface area contributed by atoms with E-state index in [1.54, 1.807) is 0 Å². The van der Waals surface area contributed by atoms with E-state index in [0.29, 0.717) is 6.07 Å². The van der Waals surface area contributed by atoms with Crippen LogP contribution >= 0.6 is 0 Å². The Hall–Kier alpha value is -2.24. The van der Waals surface area contributed by atoms with E-state index < -0.39 is 23.4 Å². The van der Waals surface area contributed by atoms with Crippen molar-refractivity contribution in [3.8, 4) is 11.3 Å². The van der Waals surface area contributed by atoms with Crippen molar-refractivity contribution in [3.05, 3.63) is 47.4 Å². The van der Waals surface area contributed by atoms with Gasteiger partial charge in [0.15, 0.2) is 11.6 Å². The minimum atomic E-state index is -1.27. The normalized spacial score (nSPS) is 14.6. The van der Waals surface area contributed by atoms with Gasteiger partial charge in [0.25, 0.3) is 0 Å². The third-order valence-corrected chi connectivity index (χ3v) is 3.34. The molecule has 1 aromatic heterocycles. The maximum absolute atomic E-state index is 13.8. The molecule has 0 unspecified atom stereocenters. The number of carboxylic acids is 1. The first-order valence-electron chi connectivity index (χ1n) is 6.08. The Kier molecular flexibility index (Phi) is 2.81. The lowest BCUT2D eigenvalue weighted by Crippen LogP contribution is -2.08. The molecule has 1 N–H and O–H groups in total. The standard InChI is InChI=1S/C14H10F3NO2/c15-9-6-11(17)10(16)5-8(9)12-3-4-13(14(19)20)18(12)7-1-2-7/h3-7H,1-2H2,(H,19,20). The summed E-state index contributed by atoms with van der Waals surface area (Å²) in [5.41, 5.74) is 0.135. The minimum absolute atomic E-state index is 0.0200. The molecule has 1 saturated carbocycles. The van der Waals surface area contributed by atoms with E-state index in [1.807, 2.05) is 0 Å². The van der Waals surface area contributed by atoms with Crippen LogP contribution in [-0.2, 0) is 0 Å². The Morgan fingerprint density at radius 1 is 1.10 bits per heavy atom.